The number of fused-ring (bicyclic) bond motifs is 29. The molecule has 16 aromatic carbocycles. The molecule has 9 aromatic heterocycles. The molecule has 0 fully saturated rings. The topological polar surface area (TPSA) is 50.9 Å². The second kappa shape index (κ2) is 20.6. The van der Waals surface area contributed by atoms with Crippen LogP contribution in [0.3, 0.4) is 0 Å². The Kier molecular flexibility index (Phi) is 11.1. The predicted molar refractivity (Wildman–Crippen MR) is 444 cm³/mol. The van der Waals surface area contributed by atoms with Crippen molar-refractivity contribution in [2.45, 2.75) is 0 Å². The number of furan rings is 2. The van der Waals surface area contributed by atoms with Crippen molar-refractivity contribution in [2.24, 2.45) is 0 Å². The van der Waals surface area contributed by atoms with Crippen molar-refractivity contribution in [3.63, 3.8) is 0 Å². The molecule has 25 aromatic rings. The third kappa shape index (κ3) is 7.46. The van der Waals surface area contributed by atoms with Crippen LogP contribution < -0.4 is 0 Å². The highest BCUT2D eigenvalue weighted by atomic mass is 32.1. The summed E-state index contributed by atoms with van der Waals surface area (Å²) >= 11 is 3.75. The molecule has 0 spiro atoms. The van der Waals surface area contributed by atoms with Crippen molar-refractivity contribution in [2.75, 3.05) is 0 Å². The summed E-state index contributed by atoms with van der Waals surface area (Å²) in [6.45, 7) is 0. The standard InChI is InChI=1S/C96H53N5O2S2/c1-10-30-71-62(20-1)89-73(99(71)75-34-17-38-83-90(75)66-24-5-12-36-81(66)102-83)32-16-33-74(89)101-80-50-48-78-93(64-22-3-9-29-70(64)98(78)55-42-45-60-58-19-7-14-40-85(58)104-87(60)52-55)95(80)68-27-15-26-57(96(68)101)54-41-44-59-61-46-43-56(53-88(61)105-86(59)51-54)97-69-28-8-2-21-63(69)92-77(97)47-49-79-94(92)65-23-4-11-31-72(65)100(79)76-35-18-39-84-91(76)67-25-6-13-37-82(67)103-84/h1-53H. The Bertz CT molecular complexity index is 8190. The van der Waals surface area contributed by atoms with Gasteiger partial charge in [-0.2, -0.15) is 0 Å². The molecule has 25 rings (SSSR count). The van der Waals surface area contributed by atoms with E-state index >= 15 is 0 Å². The van der Waals surface area contributed by atoms with Gasteiger partial charge in [0, 0.05) is 122 Å². The van der Waals surface area contributed by atoms with Gasteiger partial charge in [0.15, 0.2) is 0 Å². The molecule has 7 nitrogen and oxygen atoms in total. The van der Waals surface area contributed by atoms with Crippen molar-refractivity contribution < 1.29 is 8.83 Å². The fourth-order valence-electron chi connectivity index (χ4n) is 18.7. The monoisotopic (exact) mass is 1370 g/mol. The van der Waals surface area contributed by atoms with E-state index in [1.165, 1.54) is 122 Å². The first kappa shape index (κ1) is 56.2. The van der Waals surface area contributed by atoms with Crippen molar-refractivity contribution in [3.8, 4) is 39.6 Å². The molecule has 0 saturated carbocycles. The molecule has 0 saturated heterocycles. The van der Waals surface area contributed by atoms with Gasteiger partial charge in [0.1, 0.15) is 22.3 Å². The van der Waals surface area contributed by atoms with Gasteiger partial charge in [0.05, 0.1) is 83.0 Å². The highest BCUT2D eigenvalue weighted by Crippen LogP contribution is 2.51. The zero-order chi connectivity index (χ0) is 68.0. The van der Waals surface area contributed by atoms with Crippen LogP contribution in [0.5, 0.6) is 0 Å². The number of hydrogen-bond acceptors (Lipinski definition) is 4. The average Bonchev–Trinajstić information content (AvgIpc) is 1.51. The van der Waals surface area contributed by atoms with Gasteiger partial charge in [-0.05, 0) is 139 Å². The first-order valence-corrected chi connectivity index (χ1v) is 37.4. The molecule has 486 valence electrons. The number of para-hydroxylation sites is 7. The van der Waals surface area contributed by atoms with Crippen LogP contribution in [0.1, 0.15) is 0 Å². The number of benzene rings is 16. The maximum Gasteiger partial charge on any atom is 0.137 e. The van der Waals surface area contributed by atoms with Crippen LogP contribution >= 0.6 is 22.7 Å². The maximum absolute atomic E-state index is 6.60. The van der Waals surface area contributed by atoms with E-state index < -0.39 is 0 Å². The Morgan fingerprint density at radius 1 is 0.200 bits per heavy atom. The lowest BCUT2D eigenvalue weighted by Gasteiger charge is -2.14. The summed E-state index contributed by atoms with van der Waals surface area (Å²) in [4.78, 5) is 0. The SMILES string of the molecule is c1ccc2c(c1)oc1cccc(-n3c4ccccc4c4c(-n5c6ccc7c(c8ccccc8n7-c7ccc8c(c7)sc7ccccc78)c6c6cccc(-c7ccc8c(c7)sc7cc(-n9c%10ccccc%10c%10c%11c%12ccccc%12n(-c%12cccc%13oc%14ccccc%14c%12%13)c%11ccc%109)ccc78)c65)cccc43)c12. The predicted octanol–water partition coefficient (Wildman–Crippen LogP) is 27.4. The third-order valence-electron chi connectivity index (χ3n) is 22.9. The lowest BCUT2D eigenvalue weighted by Crippen LogP contribution is -1.98. The summed E-state index contributed by atoms with van der Waals surface area (Å²) in [5.41, 5.74) is 23.0. The zero-order valence-electron chi connectivity index (χ0n) is 56.0. The van der Waals surface area contributed by atoms with E-state index in [1.54, 1.807) is 0 Å². The second-order valence-electron chi connectivity index (χ2n) is 28.1. The van der Waals surface area contributed by atoms with Crippen LogP contribution in [-0.2, 0) is 0 Å². The number of thiophene rings is 2. The lowest BCUT2D eigenvalue weighted by atomic mass is 9.99. The lowest BCUT2D eigenvalue weighted by molar-refractivity contribution is 0.668. The minimum Gasteiger partial charge on any atom is -0.456 e. The van der Waals surface area contributed by atoms with Gasteiger partial charge >= 0.3 is 0 Å². The van der Waals surface area contributed by atoms with Gasteiger partial charge in [-0.25, -0.2) is 0 Å². The minimum atomic E-state index is 0.867. The van der Waals surface area contributed by atoms with E-state index in [2.05, 4.69) is 338 Å². The van der Waals surface area contributed by atoms with Gasteiger partial charge < -0.3 is 31.7 Å². The van der Waals surface area contributed by atoms with Crippen LogP contribution in [0.4, 0.5) is 0 Å². The second-order valence-corrected chi connectivity index (χ2v) is 30.3. The molecule has 9 heterocycles. The first-order chi connectivity index (χ1) is 52.1. The van der Waals surface area contributed by atoms with E-state index in [9.17, 15) is 0 Å². The third-order valence-corrected chi connectivity index (χ3v) is 25.1. The number of rotatable bonds is 6. The van der Waals surface area contributed by atoms with E-state index in [-0.39, 0.29) is 0 Å². The van der Waals surface area contributed by atoms with Crippen molar-refractivity contribution >= 4 is 216 Å². The van der Waals surface area contributed by atoms with Gasteiger partial charge in [0.2, 0.25) is 0 Å². The quantitative estimate of drug-likeness (QED) is 0.167. The highest BCUT2D eigenvalue weighted by Gasteiger charge is 2.29. The minimum absolute atomic E-state index is 0.867. The van der Waals surface area contributed by atoms with Crippen LogP contribution in [0.15, 0.2) is 330 Å². The Morgan fingerprint density at radius 2 is 0.552 bits per heavy atom. The molecule has 0 aliphatic rings. The smallest absolute Gasteiger partial charge is 0.137 e. The van der Waals surface area contributed by atoms with Crippen molar-refractivity contribution in [1.29, 1.82) is 0 Å². The molecular weight excluding hydrogens is 1320 g/mol. The number of aromatic nitrogens is 5. The molecule has 105 heavy (non-hydrogen) atoms. The highest BCUT2D eigenvalue weighted by molar-refractivity contribution is 7.26. The number of nitrogens with zero attached hydrogens (tertiary/aromatic N) is 5. The van der Waals surface area contributed by atoms with E-state index in [1.807, 2.05) is 28.7 Å². The Labute approximate surface area is 604 Å². The van der Waals surface area contributed by atoms with Crippen LogP contribution in [0.25, 0.3) is 233 Å². The van der Waals surface area contributed by atoms with Crippen LogP contribution in [0, 0.1) is 0 Å². The summed E-state index contributed by atoms with van der Waals surface area (Å²) in [5.74, 6) is 0. The Hall–Kier alpha value is -13.4. The fourth-order valence-corrected chi connectivity index (χ4v) is 21.0. The first-order valence-electron chi connectivity index (χ1n) is 35.8. The van der Waals surface area contributed by atoms with Gasteiger partial charge in [-0.15, -0.1) is 22.7 Å². The molecule has 0 bridgehead atoms. The Balaban J connectivity index is 0.711. The van der Waals surface area contributed by atoms with Crippen LogP contribution in [0.2, 0.25) is 0 Å². The Morgan fingerprint density at radius 3 is 1.10 bits per heavy atom. The molecule has 0 N–H and O–H groups in total. The van der Waals surface area contributed by atoms with E-state index in [0.29, 0.717) is 0 Å². The molecule has 0 aliphatic carbocycles. The summed E-state index contributed by atoms with van der Waals surface area (Å²) in [7, 11) is 0. The molecule has 0 amide bonds. The summed E-state index contributed by atoms with van der Waals surface area (Å²) < 4.78 is 30.7. The zero-order valence-corrected chi connectivity index (χ0v) is 57.6. The molecule has 0 unspecified atom stereocenters. The summed E-state index contributed by atoms with van der Waals surface area (Å²) in [6, 6.07) is 119. The largest absolute Gasteiger partial charge is 0.456 e. The van der Waals surface area contributed by atoms with E-state index in [4.69, 9.17) is 8.83 Å². The van der Waals surface area contributed by atoms with E-state index in [0.717, 1.165) is 111 Å². The fraction of sp³-hybridized carbons (Fsp3) is 0. The average molecular weight is 1370 g/mol. The number of hydrogen-bond donors (Lipinski definition) is 0. The van der Waals surface area contributed by atoms with Crippen molar-refractivity contribution in [1.82, 2.24) is 22.8 Å². The van der Waals surface area contributed by atoms with Gasteiger partial charge in [0.25, 0.3) is 0 Å². The molecule has 9 heteroatoms. The summed E-state index contributed by atoms with van der Waals surface area (Å²) in [5, 5.41) is 21.7. The molecule has 0 aliphatic heterocycles. The molecular formula is C96H53N5O2S2. The normalized spacial score (nSPS) is 12.6. The molecule has 0 atom stereocenters. The maximum atomic E-state index is 6.60. The summed E-state index contributed by atoms with van der Waals surface area (Å²) in [6.07, 6.45) is 0. The van der Waals surface area contributed by atoms with Gasteiger partial charge in [-0.1, -0.05) is 188 Å². The van der Waals surface area contributed by atoms with Gasteiger partial charge in [-0.3, -0.25) is 0 Å². The van der Waals surface area contributed by atoms with Crippen molar-refractivity contribution in [3.05, 3.63) is 322 Å². The van der Waals surface area contributed by atoms with Crippen LogP contribution in [-0.4, -0.2) is 22.8 Å². The molecule has 0 radical (unpaired) electrons.